The molecule has 21 heavy (non-hydrogen) atoms. The number of hydrogen-bond acceptors (Lipinski definition) is 2. The number of likely N-dealkylation sites (tertiary alicyclic amines) is 1. The van der Waals surface area contributed by atoms with Crippen LogP contribution in [0.1, 0.15) is 73.1 Å². The molecule has 0 N–H and O–H groups in total. The number of nitrogens with zero attached hydrogens (tertiary/aromatic N) is 2. The molecule has 124 valence electrons. The smallest absolute Gasteiger partial charge is 0.0116 e. The van der Waals surface area contributed by atoms with Crippen LogP contribution in [0, 0.1) is 11.8 Å². The normalized spacial score (nSPS) is 34.3. The molecular formula is C19H38N2. The fourth-order valence-electron chi connectivity index (χ4n) is 4.66. The van der Waals surface area contributed by atoms with E-state index in [2.05, 4.69) is 30.6 Å². The maximum absolute atomic E-state index is 2.88. The van der Waals surface area contributed by atoms with Crippen molar-refractivity contribution in [1.29, 1.82) is 0 Å². The van der Waals surface area contributed by atoms with Crippen molar-refractivity contribution < 1.29 is 0 Å². The second-order valence-electron chi connectivity index (χ2n) is 7.56. The first-order valence-electron chi connectivity index (χ1n) is 9.67. The molecule has 2 nitrogen and oxygen atoms in total. The van der Waals surface area contributed by atoms with Gasteiger partial charge in [0.05, 0.1) is 0 Å². The summed E-state index contributed by atoms with van der Waals surface area (Å²) in [4.78, 5) is 5.53. The Hall–Kier alpha value is -0.0800. The van der Waals surface area contributed by atoms with E-state index in [1.54, 1.807) is 0 Å². The summed E-state index contributed by atoms with van der Waals surface area (Å²) in [6.45, 7) is 15.1. The van der Waals surface area contributed by atoms with Gasteiger partial charge in [-0.25, -0.2) is 0 Å². The lowest BCUT2D eigenvalue weighted by molar-refractivity contribution is -0.0667. The van der Waals surface area contributed by atoms with Crippen molar-refractivity contribution >= 4 is 0 Å². The second-order valence-corrected chi connectivity index (χ2v) is 7.56. The molecule has 3 heterocycles. The molecule has 0 radical (unpaired) electrons. The van der Waals surface area contributed by atoms with Crippen LogP contribution in [0.3, 0.4) is 0 Å². The van der Waals surface area contributed by atoms with E-state index in [0.29, 0.717) is 0 Å². The summed E-state index contributed by atoms with van der Waals surface area (Å²) in [5.41, 5.74) is 0. The Morgan fingerprint density at radius 3 is 1.95 bits per heavy atom. The molecule has 1 saturated carbocycles. The summed E-state index contributed by atoms with van der Waals surface area (Å²) in [6, 6.07) is 2.67. The largest absolute Gasteiger partial charge is 0.301 e. The number of hydrogen-bond donors (Lipinski definition) is 0. The third-order valence-electron chi connectivity index (χ3n) is 6.12. The molecule has 4 aliphatic rings. The molecule has 0 aromatic heterocycles. The van der Waals surface area contributed by atoms with Gasteiger partial charge in [0.15, 0.2) is 0 Å². The zero-order chi connectivity index (χ0) is 15.4. The molecule has 2 atom stereocenters. The summed E-state index contributed by atoms with van der Waals surface area (Å²) in [5.74, 6) is 2.03. The van der Waals surface area contributed by atoms with Crippen LogP contribution >= 0.6 is 0 Å². The lowest BCUT2D eigenvalue weighted by atomic mass is 9.72. The first-order chi connectivity index (χ1) is 10.2. The number of rotatable bonds is 4. The van der Waals surface area contributed by atoms with E-state index in [4.69, 9.17) is 0 Å². The summed E-state index contributed by atoms with van der Waals surface area (Å²) >= 11 is 0. The number of fused-ring (bicyclic) bond motifs is 2. The summed E-state index contributed by atoms with van der Waals surface area (Å²) in [5, 5.41) is 0. The highest BCUT2D eigenvalue weighted by Crippen LogP contribution is 2.43. The predicted molar refractivity (Wildman–Crippen MR) is 92.7 cm³/mol. The fourth-order valence-corrected chi connectivity index (χ4v) is 4.66. The molecule has 0 aromatic rings. The Balaban J connectivity index is 0.000000774. The predicted octanol–water partition coefficient (Wildman–Crippen LogP) is 4.40. The lowest BCUT2D eigenvalue weighted by Crippen LogP contribution is -2.62. The molecule has 1 aliphatic carbocycles. The van der Waals surface area contributed by atoms with Crippen LogP contribution in [-0.4, -0.2) is 47.6 Å². The van der Waals surface area contributed by atoms with Crippen LogP contribution in [0.4, 0.5) is 0 Å². The van der Waals surface area contributed by atoms with E-state index < -0.39 is 0 Å². The molecule has 4 rings (SSSR count). The van der Waals surface area contributed by atoms with Crippen LogP contribution in [-0.2, 0) is 0 Å². The van der Waals surface area contributed by atoms with Crippen molar-refractivity contribution in [3.63, 3.8) is 0 Å². The van der Waals surface area contributed by atoms with Gasteiger partial charge in [0, 0.05) is 24.7 Å². The fraction of sp³-hybridized carbons (Fsp3) is 1.00. The molecule has 4 fully saturated rings. The van der Waals surface area contributed by atoms with Crippen LogP contribution in [0.25, 0.3) is 0 Å². The Morgan fingerprint density at radius 2 is 1.48 bits per heavy atom. The highest BCUT2D eigenvalue weighted by atomic mass is 15.3. The van der Waals surface area contributed by atoms with Crippen LogP contribution in [0.2, 0.25) is 0 Å². The first-order valence-corrected chi connectivity index (χ1v) is 9.67. The van der Waals surface area contributed by atoms with Gasteiger partial charge in [-0.15, -0.1) is 0 Å². The van der Waals surface area contributed by atoms with Gasteiger partial charge in [0.1, 0.15) is 0 Å². The van der Waals surface area contributed by atoms with E-state index in [9.17, 15) is 0 Å². The van der Waals surface area contributed by atoms with Gasteiger partial charge >= 0.3 is 0 Å². The topological polar surface area (TPSA) is 6.48 Å². The molecule has 0 aromatic carbocycles. The maximum atomic E-state index is 2.88. The van der Waals surface area contributed by atoms with Gasteiger partial charge in [0.2, 0.25) is 0 Å². The van der Waals surface area contributed by atoms with Crippen molar-refractivity contribution in [3.8, 4) is 0 Å². The quantitative estimate of drug-likeness (QED) is 0.758. The molecule has 0 amide bonds. The van der Waals surface area contributed by atoms with E-state index in [0.717, 1.165) is 30.0 Å². The molecule has 0 spiro atoms. The molecule has 2 bridgehead atoms. The Labute approximate surface area is 133 Å². The van der Waals surface area contributed by atoms with Crippen LogP contribution < -0.4 is 0 Å². The van der Waals surface area contributed by atoms with Gasteiger partial charge in [0.25, 0.3) is 0 Å². The van der Waals surface area contributed by atoms with Gasteiger partial charge < -0.3 is 4.90 Å². The molecule has 2 unspecified atom stereocenters. The standard InChI is InChI=1S/C17H32N2.C2H6/c1-4-14-9-16-11-17(10-14)19(16)12-15-5-7-18(8-6-15)13(2)3;1-2/h13-17H,4-12H2,1-3H3;1-2H3. The van der Waals surface area contributed by atoms with Crippen molar-refractivity contribution in [3.05, 3.63) is 0 Å². The first kappa shape index (κ1) is 17.3. The third kappa shape index (κ3) is 4.01. The van der Waals surface area contributed by atoms with Crippen molar-refractivity contribution in [2.24, 2.45) is 11.8 Å². The average molecular weight is 295 g/mol. The maximum Gasteiger partial charge on any atom is 0.0116 e. The van der Waals surface area contributed by atoms with Gasteiger partial charge in [-0.3, -0.25) is 4.90 Å². The van der Waals surface area contributed by atoms with Gasteiger partial charge in [-0.1, -0.05) is 27.2 Å². The monoisotopic (exact) mass is 294 g/mol. The molecule has 2 heteroatoms. The van der Waals surface area contributed by atoms with E-state index in [-0.39, 0.29) is 0 Å². The van der Waals surface area contributed by atoms with E-state index in [1.165, 1.54) is 58.2 Å². The highest BCUT2D eigenvalue weighted by molar-refractivity contribution is 5.00. The minimum atomic E-state index is 0.745. The summed E-state index contributed by atoms with van der Waals surface area (Å²) < 4.78 is 0. The Kier molecular flexibility index (Phi) is 6.55. The van der Waals surface area contributed by atoms with E-state index >= 15 is 0 Å². The Bertz CT molecular complexity index is 282. The van der Waals surface area contributed by atoms with Crippen LogP contribution in [0.5, 0.6) is 0 Å². The van der Waals surface area contributed by atoms with Crippen LogP contribution in [0.15, 0.2) is 0 Å². The second kappa shape index (κ2) is 7.97. The van der Waals surface area contributed by atoms with Crippen molar-refractivity contribution in [2.45, 2.75) is 91.3 Å². The Morgan fingerprint density at radius 1 is 0.905 bits per heavy atom. The number of piperidine rings is 2. The van der Waals surface area contributed by atoms with Gasteiger partial charge in [-0.05, 0) is 70.9 Å². The SMILES string of the molecule is CC.CCC1CC2CC(C1)N2CC1CCN(C(C)C)CC1. The van der Waals surface area contributed by atoms with E-state index in [1.807, 2.05) is 13.8 Å². The van der Waals surface area contributed by atoms with Crippen molar-refractivity contribution in [2.75, 3.05) is 19.6 Å². The summed E-state index contributed by atoms with van der Waals surface area (Å²) in [7, 11) is 0. The zero-order valence-electron chi connectivity index (χ0n) is 15.1. The van der Waals surface area contributed by atoms with Crippen molar-refractivity contribution in [1.82, 2.24) is 9.80 Å². The minimum absolute atomic E-state index is 0.745. The average Bonchev–Trinajstić information content (AvgIpc) is 2.55. The highest BCUT2D eigenvalue weighted by Gasteiger charge is 2.45. The van der Waals surface area contributed by atoms with Gasteiger partial charge in [-0.2, -0.15) is 0 Å². The molecular weight excluding hydrogens is 256 g/mol. The third-order valence-corrected chi connectivity index (χ3v) is 6.12. The lowest BCUT2D eigenvalue weighted by Gasteiger charge is -2.57. The molecule has 3 saturated heterocycles. The summed E-state index contributed by atoms with van der Waals surface area (Å²) in [6.07, 6.45) is 8.79. The zero-order valence-corrected chi connectivity index (χ0v) is 15.1. The molecule has 3 aliphatic heterocycles. The minimum Gasteiger partial charge on any atom is -0.301 e.